The molecule has 1 amide bonds. The molecule has 3 N–H and O–H groups in total. The van der Waals surface area contributed by atoms with Crippen LogP contribution in [-0.2, 0) is 11.2 Å². The molecule has 0 aromatic heterocycles. The summed E-state index contributed by atoms with van der Waals surface area (Å²) in [5.74, 6) is 1.34. The van der Waals surface area contributed by atoms with Crippen LogP contribution in [-0.4, -0.2) is 38.0 Å². The second kappa shape index (κ2) is 13.9. The van der Waals surface area contributed by atoms with E-state index in [-0.39, 0.29) is 36.4 Å². The maximum atomic E-state index is 11.9. The molecule has 142 valence electrons. The average molecular weight is 460 g/mol. The molecule has 0 heterocycles. The summed E-state index contributed by atoms with van der Waals surface area (Å²) < 4.78 is 0. The first-order valence-corrected chi connectivity index (χ1v) is 8.79. The molecule has 0 aliphatic rings. The summed E-state index contributed by atoms with van der Waals surface area (Å²) in [6, 6.07) is 10.5. The van der Waals surface area contributed by atoms with Gasteiger partial charge in [-0.3, -0.25) is 9.79 Å². The van der Waals surface area contributed by atoms with Crippen molar-refractivity contribution in [3.8, 4) is 0 Å². The molecule has 0 spiro atoms. The summed E-state index contributed by atoms with van der Waals surface area (Å²) in [5, 5.41) is 9.30. The number of amides is 1. The van der Waals surface area contributed by atoms with Gasteiger partial charge in [-0.05, 0) is 37.7 Å². The van der Waals surface area contributed by atoms with Crippen LogP contribution in [0.5, 0.6) is 0 Å². The summed E-state index contributed by atoms with van der Waals surface area (Å²) in [6.07, 6.45) is 3.10. The lowest BCUT2D eigenvalue weighted by Gasteiger charge is -2.18. The van der Waals surface area contributed by atoms with Crippen LogP contribution in [0.1, 0.15) is 39.2 Å². The number of nitrogens with zero attached hydrogens (tertiary/aromatic N) is 1. The minimum absolute atomic E-state index is 0. The van der Waals surface area contributed by atoms with Gasteiger partial charge in [0.15, 0.2) is 5.96 Å². The van der Waals surface area contributed by atoms with Crippen LogP contribution in [0.3, 0.4) is 0 Å². The van der Waals surface area contributed by atoms with Gasteiger partial charge in [0.1, 0.15) is 0 Å². The normalized spacial score (nSPS) is 12.3. The van der Waals surface area contributed by atoms with Gasteiger partial charge < -0.3 is 16.0 Å². The van der Waals surface area contributed by atoms with Crippen LogP contribution in [0.2, 0.25) is 0 Å². The number of nitrogens with one attached hydrogen (secondary N) is 3. The third-order valence-electron chi connectivity index (χ3n) is 3.78. The van der Waals surface area contributed by atoms with Crippen LogP contribution >= 0.6 is 24.0 Å². The highest BCUT2D eigenvalue weighted by Crippen LogP contribution is 2.06. The van der Waals surface area contributed by atoms with E-state index in [1.54, 1.807) is 7.05 Å². The molecule has 1 aromatic carbocycles. The number of hydrogen-bond donors (Lipinski definition) is 3. The van der Waals surface area contributed by atoms with Crippen molar-refractivity contribution < 1.29 is 4.79 Å². The highest BCUT2D eigenvalue weighted by molar-refractivity contribution is 14.0. The largest absolute Gasteiger partial charge is 0.354 e. The summed E-state index contributed by atoms with van der Waals surface area (Å²) >= 11 is 0. The molecule has 6 heteroatoms. The lowest BCUT2D eigenvalue weighted by molar-refractivity contribution is -0.119. The van der Waals surface area contributed by atoms with Gasteiger partial charge in [0.05, 0.1) is 6.54 Å². The standard InChI is InChI=1S/C19H32N4O.HI/c1-15(2)10-11-16(3)23-19(20-4)22-14-18(24)21-13-12-17-8-6-5-7-9-17;/h5-9,15-16H,10-14H2,1-4H3,(H,21,24)(H2,20,22,23);1H. The van der Waals surface area contributed by atoms with E-state index in [4.69, 9.17) is 0 Å². The molecule has 5 nitrogen and oxygen atoms in total. The number of aliphatic imine (C=N–C) groups is 1. The zero-order chi connectivity index (χ0) is 17.8. The van der Waals surface area contributed by atoms with Crippen molar-refractivity contribution in [2.75, 3.05) is 20.1 Å². The monoisotopic (exact) mass is 460 g/mol. The van der Waals surface area contributed by atoms with Crippen LogP contribution < -0.4 is 16.0 Å². The number of carbonyl (C=O) groups excluding carboxylic acids is 1. The van der Waals surface area contributed by atoms with Gasteiger partial charge >= 0.3 is 0 Å². The Morgan fingerprint density at radius 1 is 1.08 bits per heavy atom. The molecule has 1 atom stereocenters. The zero-order valence-electron chi connectivity index (χ0n) is 15.8. The second-order valence-corrected chi connectivity index (χ2v) is 6.53. The Morgan fingerprint density at radius 3 is 2.36 bits per heavy atom. The van der Waals surface area contributed by atoms with E-state index in [0.29, 0.717) is 24.5 Å². The van der Waals surface area contributed by atoms with Gasteiger partial charge in [-0.25, -0.2) is 0 Å². The minimum atomic E-state index is -0.0243. The summed E-state index contributed by atoms with van der Waals surface area (Å²) in [7, 11) is 1.72. The maximum absolute atomic E-state index is 11.9. The number of guanidine groups is 1. The van der Waals surface area contributed by atoms with E-state index < -0.39 is 0 Å². The first-order chi connectivity index (χ1) is 11.5. The van der Waals surface area contributed by atoms with E-state index in [9.17, 15) is 4.79 Å². The maximum Gasteiger partial charge on any atom is 0.239 e. The van der Waals surface area contributed by atoms with Gasteiger partial charge in [0.25, 0.3) is 0 Å². The molecule has 0 fully saturated rings. The Labute approximate surface area is 169 Å². The summed E-state index contributed by atoms with van der Waals surface area (Å²) in [5.41, 5.74) is 1.22. The van der Waals surface area contributed by atoms with Gasteiger partial charge in [-0.1, -0.05) is 44.2 Å². The Balaban J connectivity index is 0.00000576. The molecular weight excluding hydrogens is 427 g/mol. The van der Waals surface area contributed by atoms with Crippen LogP contribution in [0.25, 0.3) is 0 Å². The molecule has 1 unspecified atom stereocenters. The van der Waals surface area contributed by atoms with Crippen LogP contribution in [0, 0.1) is 5.92 Å². The predicted octanol–water partition coefficient (Wildman–Crippen LogP) is 2.95. The molecular formula is C19H33IN4O. The van der Waals surface area contributed by atoms with Crippen molar-refractivity contribution in [1.82, 2.24) is 16.0 Å². The van der Waals surface area contributed by atoms with Gasteiger partial charge in [0.2, 0.25) is 5.91 Å². The van der Waals surface area contributed by atoms with E-state index in [0.717, 1.165) is 12.8 Å². The summed E-state index contributed by atoms with van der Waals surface area (Å²) in [6.45, 7) is 7.45. The molecule has 25 heavy (non-hydrogen) atoms. The second-order valence-electron chi connectivity index (χ2n) is 6.53. The molecule has 0 saturated heterocycles. The molecule has 0 bridgehead atoms. The molecule has 0 aliphatic carbocycles. The fourth-order valence-corrected chi connectivity index (χ4v) is 2.30. The van der Waals surface area contributed by atoms with E-state index in [1.165, 1.54) is 12.0 Å². The van der Waals surface area contributed by atoms with E-state index in [2.05, 4.69) is 53.8 Å². The van der Waals surface area contributed by atoms with Crippen molar-refractivity contribution in [1.29, 1.82) is 0 Å². The number of rotatable bonds is 9. The highest BCUT2D eigenvalue weighted by atomic mass is 127. The molecule has 0 radical (unpaired) electrons. The van der Waals surface area contributed by atoms with E-state index in [1.807, 2.05) is 18.2 Å². The lowest BCUT2D eigenvalue weighted by Crippen LogP contribution is -2.46. The first-order valence-electron chi connectivity index (χ1n) is 8.79. The zero-order valence-corrected chi connectivity index (χ0v) is 18.2. The van der Waals surface area contributed by atoms with Crippen molar-refractivity contribution in [2.24, 2.45) is 10.9 Å². The number of benzene rings is 1. The van der Waals surface area contributed by atoms with Crippen molar-refractivity contribution in [3.05, 3.63) is 35.9 Å². The molecule has 1 rings (SSSR count). The molecule has 0 aliphatic heterocycles. The van der Waals surface area contributed by atoms with E-state index >= 15 is 0 Å². The number of carbonyl (C=O) groups is 1. The van der Waals surface area contributed by atoms with Gasteiger partial charge in [-0.2, -0.15) is 0 Å². The van der Waals surface area contributed by atoms with Crippen molar-refractivity contribution in [2.45, 2.75) is 46.1 Å². The number of hydrogen-bond acceptors (Lipinski definition) is 2. The quantitative estimate of drug-likeness (QED) is 0.302. The summed E-state index contributed by atoms with van der Waals surface area (Å²) in [4.78, 5) is 16.1. The van der Waals surface area contributed by atoms with Crippen LogP contribution in [0.15, 0.2) is 35.3 Å². The third-order valence-corrected chi connectivity index (χ3v) is 3.78. The smallest absolute Gasteiger partial charge is 0.239 e. The fourth-order valence-electron chi connectivity index (χ4n) is 2.30. The fraction of sp³-hybridized carbons (Fsp3) is 0.579. The molecule has 0 saturated carbocycles. The predicted molar refractivity (Wildman–Crippen MR) is 117 cm³/mol. The Kier molecular flexibility index (Phi) is 13.2. The highest BCUT2D eigenvalue weighted by Gasteiger charge is 2.08. The van der Waals surface area contributed by atoms with Gasteiger partial charge in [0, 0.05) is 19.6 Å². The molecule has 1 aromatic rings. The first kappa shape index (κ1) is 23.7. The van der Waals surface area contributed by atoms with Crippen LogP contribution in [0.4, 0.5) is 0 Å². The van der Waals surface area contributed by atoms with Crippen molar-refractivity contribution in [3.63, 3.8) is 0 Å². The van der Waals surface area contributed by atoms with Crippen molar-refractivity contribution >= 4 is 35.8 Å². The third kappa shape index (κ3) is 11.8. The minimum Gasteiger partial charge on any atom is -0.354 e. The number of halogens is 1. The average Bonchev–Trinajstić information content (AvgIpc) is 2.57. The lowest BCUT2D eigenvalue weighted by atomic mass is 10.0. The SMILES string of the molecule is CN=C(NCC(=O)NCCc1ccccc1)NC(C)CCC(C)C.I. The topological polar surface area (TPSA) is 65.5 Å². The Hall–Kier alpha value is -1.31. The van der Waals surface area contributed by atoms with Gasteiger partial charge in [-0.15, -0.1) is 24.0 Å². The Morgan fingerprint density at radius 2 is 1.76 bits per heavy atom. The Bertz CT molecular complexity index is 505.